The number of anilines is 3. The largest absolute Gasteiger partial charge is 0.465 e. The minimum Gasteiger partial charge on any atom is -0.465 e. The van der Waals surface area contributed by atoms with Crippen molar-refractivity contribution in [2.24, 2.45) is 0 Å². The van der Waals surface area contributed by atoms with Gasteiger partial charge in [0, 0.05) is 34.5 Å². The van der Waals surface area contributed by atoms with E-state index in [0.717, 1.165) is 27.7 Å². The number of ether oxygens (including phenoxy) is 1. The number of H-pyrrole nitrogens is 1. The van der Waals surface area contributed by atoms with Gasteiger partial charge in [-0.3, -0.25) is 0 Å². The second kappa shape index (κ2) is 6.84. The summed E-state index contributed by atoms with van der Waals surface area (Å²) in [6.45, 7) is 0. The van der Waals surface area contributed by atoms with Crippen molar-refractivity contribution < 1.29 is 9.53 Å². The molecular weight excluding hydrogens is 340 g/mol. The molecule has 4 aromatic rings. The lowest BCUT2D eigenvalue weighted by atomic mass is 10.0. The molecule has 0 aliphatic rings. The maximum Gasteiger partial charge on any atom is 0.337 e. The standard InChI is InChI=1S/C21H18N4O2/c1-27-21(26)14-7-8-19-16(11-14)17(12-24-19)13-4-2-5-15(10-13)25-20-18(22)6-3-9-23-20/h2-12,24H,22H2,1H3,(H,23,25). The zero-order chi connectivity index (χ0) is 18.8. The molecule has 0 saturated carbocycles. The summed E-state index contributed by atoms with van der Waals surface area (Å²) in [5, 5.41) is 4.19. The Morgan fingerprint density at radius 1 is 1.15 bits per heavy atom. The molecule has 6 nitrogen and oxygen atoms in total. The molecular formula is C21H18N4O2. The number of pyridine rings is 1. The van der Waals surface area contributed by atoms with E-state index in [1.807, 2.05) is 42.6 Å². The van der Waals surface area contributed by atoms with Crippen LogP contribution >= 0.6 is 0 Å². The number of benzene rings is 2. The number of nitrogen functional groups attached to an aromatic ring is 1. The van der Waals surface area contributed by atoms with Crippen LogP contribution in [-0.4, -0.2) is 23.0 Å². The van der Waals surface area contributed by atoms with Crippen LogP contribution in [0, 0.1) is 0 Å². The summed E-state index contributed by atoms with van der Waals surface area (Å²) >= 11 is 0. The predicted octanol–water partition coefficient (Wildman–Crippen LogP) is 4.34. The van der Waals surface area contributed by atoms with Crippen molar-refractivity contribution in [2.45, 2.75) is 0 Å². The van der Waals surface area contributed by atoms with E-state index < -0.39 is 0 Å². The first-order valence-electron chi connectivity index (χ1n) is 8.43. The Hall–Kier alpha value is -3.80. The van der Waals surface area contributed by atoms with Crippen molar-refractivity contribution in [3.05, 3.63) is 72.6 Å². The van der Waals surface area contributed by atoms with Gasteiger partial charge < -0.3 is 20.8 Å². The first kappa shape index (κ1) is 16.7. The van der Waals surface area contributed by atoms with Crippen molar-refractivity contribution >= 4 is 34.1 Å². The summed E-state index contributed by atoms with van der Waals surface area (Å²) in [5.74, 6) is 0.256. The molecule has 0 aliphatic heterocycles. The van der Waals surface area contributed by atoms with Crippen molar-refractivity contribution in [1.82, 2.24) is 9.97 Å². The second-order valence-corrected chi connectivity index (χ2v) is 6.10. The Balaban J connectivity index is 1.73. The average Bonchev–Trinajstić information content (AvgIpc) is 3.12. The van der Waals surface area contributed by atoms with Crippen molar-refractivity contribution in [3.63, 3.8) is 0 Å². The Bertz CT molecular complexity index is 1130. The van der Waals surface area contributed by atoms with Gasteiger partial charge in [-0.15, -0.1) is 0 Å². The summed E-state index contributed by atoms with van der Waals surface area (Å²) in [5.41, 5.74) is 10.9. The molecule has 134 valence electrons. The lowest BCUT2D eigenvalue weighted by Gasteiger charge is -2.09. The maximum absolute atomic E-state index is 11.9. The highest BCUT2D eigenvalue weighted by Crippen LogP contribution is 2.32. The van der Waals surface area contributed by atoms with Crippen LogP contribution in [0.4, 0.5) is 17.2 Å². The number of rotatable bonds is 4. The number of hydrogen-bond acceptors (Lipinski definition) is 5. The van der Waals surface area contributed by atoms with Crippen LogP contribution in [0.25, 0.3) is 22.0 Å². The Kier molecular flexibility index (Phi) is 4.22. The molecule has 6 heteroatoms. The van der Waals surface area contributed by atoms with Crippen molar-refractivity contribution in [1.29, 1.82) is 0 Å². The summed E-state index contributed by atoms with van der Waals surface area (Å²) < 4.78 is 4.83. The van der Waals surface area contributed by atoms with Crippen LogP contribution in [0.5, 0.6) is 0 Å². The molecule has 0 amide bonds. The highest BCUT2D eigenvalue weighted by atomic mass is 16.5. The van der Waals surface area contributed by atoms with E-state index in [1.165, 1.54) is 7.11 Å². The van der Waals surface area contributed by atoms with Crippen molar-refractivity contribution in [3.8, 4) is 11.1 Å². The third-order valence-electron chi connectivity index (χ3n) is 4.38. The Labute approximate surface area is 156 Å². The van der Waals surface area contributed by atoms with Crippen LogP contribution < -0.4 is 11.1 Å². The van der Waals surface area contributed by atoms with E-state index in [4.69, 9.17) is 10.5 Å². The van der Waals surface area contributed by atoms with E-state index in [2.05, 4.69) is 15.3 Å². The molecule has 0 saturated heterocycles. The molecule has 0 unspecified atom stereocenters. The predicted molar refractivity (Wildman–Crippen MR) is 107 cm³/mol. The van der Waals surface area contributed by atoms with Crippen LogP contribution in [0.15, 0.2) is 67.0 Å². The van der Waals surface area contributed by atoms with E-state index in [0.29, 0.717) is 17.1 Å². The Morgan fingerprint density at radius 2 is 2.04 bits per heavy atom. The van der Waals surface area contributed by atoms with Gasteiger partial charge in [-0.05, 0) is 48.0 Å². The van der Waals surface area contributed by atoms with Gasteiger partial charge in [-0.2, -0.15) is 0 Å². The van der Waals surface area contributed by atoms with Crippen LogP contribution in [0.3, 0.4) is 0 Å². The topological polar surface area (TPSA) is 93.0 Å². The number of methoxy groups -OCH3 is 1. The van der Waals surface area contributed by atoms with Crippen LogP contribution in [0.1, 0.15) is 10.4 Å². The maximum atomic E-state index is 11.9. The molecule has 4 N–H and O–H groups in total. The summed E-state index contributed by atoms with van der Waals surface area (Å²) in [6.07, 6.45) is 3.62. The molecule has 0 bridgehead atoms. The lowest BCUT2D eigenvalue weighted by molar-refractivity contribution is 0.0601. The van der Waals surface area contributed by atoms with Gasteiger partial charge in [0.2, 0.25) is 0 Å². The highest BCUT2D eigenvalue weighted by Gasteiger charge is 2.11. The van der Waals surface area contributed by atoms with E-state index in [9.17, 15) is 4.79 Å². The molecule has 27 heavy (non-hydrogen) atoms. The molecule has 0 aliphatic carbocycles. The first-order valence-corrected chi connectivity index (χ1v) is 8.43. The van der Waals surface area contributed by atoms with Crippen molar-refractivity contribution in [2.75, 3.05) is 18.2 Å². The smallest absolute Gasteiger partial charge is 0.337 e. The van der Waals surface area contributed by atoms with Gasteiger partial charge in [0.25, 0.3) is 0 Å². The lowest BCUT2D eigenvalue weighted by Crippen LogP contribution is -2.00. The van der Waals surface area contributed by atoms with Gasteiger partial charge in [-0.25, -0.2) is 9.78 Å². The number of carbonyl (C=O) groups excluding carboxylic acids is 1. The number of aromatic amines is 1. The number of nitrogens with one attached hydrogen (secondary N) is 2. The van der Waals surface area contributed by atoms with E-state index >= 15 is 0 Å². The third kappa shape index (κ3) is 3.20. The fourth-order valence-electron chi connectivity index (χ4n) is 3.03. The van der Waals surface area contributed by atoms with Gasteiger partial charge in [-0.1, -0.05) is 12.1 Å². The fourth-order valence-corrected chi connectivity index (χ4v) is 3.03. The molecule has 4 rings (SSSR count). The molecule has 0 radical (unpaired) electrons. The fraction of sp³-hybridized carbons (Fsp3) is 0.0476. The van der Waals surface area contributed by atoms with Gasteiger partial charge in [0.05, 0.1) is 18.4 Å². The summed E-state index contributed by atoms with van der Waals surface area (Å²) in [4.78, 5) is 19.4. The number of hydrogen-bond donors (Lipinski definition) is 3. The average molecular weight is 358 g/mol. The molecule has 0 spiro atoms. The molecule has 0 atom stereocenters. The molecule has 2 aromatic carbocycles. The second-order valence-electron chi connectivity index (χ2n) is 6.10. The monoisotopic (exact) mass is 358 g/mol. The number of esters is 1. The van der Waals surface area contributed by atoms with Gasteiger partial charge in [0.15, 0.2) is 5.82 Å². The SMILES string of the molecule is COC(=O)c1ccc2[nH]cc(-c3cccc(Nc4ncccc4N)c3)c2c1. The van der Waals surface area contributed by atoms with Gasteiger partial charge in [0.1, 0.15) is 0 Å². The molecule has 2 heterocycles. The van der Waals surface area contributed by atoms with Gasteiger partial charge >= 0.3 is 5.97 Å². The normalized spacial score (nSPS) is 10.7. The Morgan fingerprint density at radius 3 is 2.85 bits per heavy atom. The van der Waals surface area contributed by atoms with Crippen LogP contribution in [-0.2, 0) is 4.74 Å². The summed E-state index contributed by atoms with van der Waals surface area (Å²) in [7, 11) is 1.38. The number of aromatic nitrogens is 2. The number of nitrogens with two attached hydrogens (primary N) is 1. The number of nitrogens with zero attached hydrogens (tertiary/aromatic N) is 1. The quantitative estimate of drug-likeness (QED) is 0.472. The number of fused-ring (bicyclic) bond motifs is 1. The zero-order valence-electron chi connectivity index (χ0n) is 14.7. The zero-order valence-corrected chi connectivity index (χ0v) is 14.7. The molecule has 2 aromatic heterocycles. The van der Waals surface area contributed by atoms with Crippen LogP contribution in [0.2, 0.25) is 0 Å². The summed E-state index contributed by atoms with van der Waals surface area (Å²) in [6, 6.07) is 17.0. The van der Waals surface area contributed by atoms with E-state index in [1.54, 1.807) is 24.4 Å². The highest BCUT2D eigenvalue weighted by molar-refractivity contribution is 6.01. The molecule has 0 fully saturated rings. The third-order valence-corrected chi connectivity index (χ3v) is 4.38. The minimum absolute atomic E-state index is 0.356. The first-order chi connectivity index (χ1) is 13.2. The minimum atomic E-state index is -0.356. The van der Waals surface area contributed by atoms with E-state index in [-0.39, 0.29) is 5.97 Å². The number of carbonyl (C=O) groups is 1.